The quantitative estimate of drug-likeness (QED) is 0.753. The van der Waals surface area contributed by atoms with Crippen LogP contribution in [-0.2, 0) is 0 Å². The SMILES string of the molecule is CCC(NCC(CC)(CC)CO)c1cccc(F)c1. The number of hydrogen-bond donors (Lipinski definition) is 2. The van der Waals surface area contributed by atoms with Crippen molar-refractivity contribution in [3.63, 3.8) is 0 Å². The van der Waals surface area contributed by atoms with Gasteiger partial charge in [-0.1, -0.05) is 32.9 Å². The van der Waals surface area contributed by atoms with Crippen molar-refractivity contribution in [3.05, 3.63) is 35.6 Å². The predicted molar refractivity (Wildman–Crippen MR) is 77.5 cm³/mol. The summed E-state index contributed by atoms with van der Waals surface area (Å²) in [7, 11) is 0. The third-order valence-electron chi connectivity index (χ3n) is 4.22. The highest BCUT2D eigenvalue weighted by molar-refractivity contribution is 5.20. The summed E-state index contributed by atoms with van der Waals surface area (Å²) in [6.07, 6.45) is 2.78. The summed E-state index contributed by atoms with van der Waals surface area (Å²) in [4.78, 5) is 0. The first-order valence-electron chi connectivity index (χ1n) is 7.20. The second-order valence-electron chi connectivity index (χ2n) is 5.26. The summed E-state index contributed by atoms with van der Waals surface area (Å²) in [5, 5.41) is 13.1. The molecule has 0 fully saturated rings. The van der Waals surface area contributed by atoms with E-state index in [9.17, 15) is 9.50 Å². The zero-order valence-electron chi connectivity index (χ0n) is 12.2. The Labute approximate surface area is 116 Å². The van der Waals surface area contributed by atoms with E-state index >= 15 is 0 Å². The van der Waals surface area contributed by atoms with Gasteiger partial charge in [0.25, 0.3) is 0 Å². The van der Waals surface area contributed by atoms with E-state index in [1.54, 1.807) is 12.1 Å². The van der Waals surface area contributed by atoms with E-state index in [0.29, 0.717) is 0 Å². The largest absolute Gasteiger partial charge is 0.396 e. The van der Waals surface area contributed by atoms with Crippen molar-refractivity contribution in [1.29, 1.82) is 0 Å². The van der Waals surface area contributed by atoms with Crippen LogP contribution in [0.3, 0.4) is 0 Å². The van der Waals surface area contributed by atoms with E-state index in [2.05, 4.69) is 26.1 Å². The van der Waals surface area contributed by atoms with Gasteiger partial charge in [0, 0.05) is 24.6 Å². The highest BCUT2D eigenvalue weighted by atomic mass is 19.1. The summed E-state index contributed by atoms with van der Waals surface area (Å²) in [5.74, 6) is -0.197. The number of benzene rings is 1. The Morgan fingerprint density at radius 3 is 2.42 bits per heavy atom. The molecular weight excluding hydrogens is 241 g/mol. The zero-order chi connectivity index (χ0) is 14.3. The molecule has 0 radical (unpaired) electrons. The molecule has 2 N–H and O–H groups in total. The van der Waals surface area contributed by atoms with Gasteiger partial charge in [-0.05, 0) is 37.0 Å². The topological polar surface area (TPSA) is 32.3 Å². The van der Waals surface area contributed by atoms with Crippen LogP contribution >= 0.6 is 0 Å². The molecule has 0 aliphatic heterocycles. The van der Waals surface area contributed by atoms with Gasteiger partial charge in [-0.3, -0.25) is 0 Å². The minimum Gasteiger partial charge on any atom is -0.396 e. The third kappa shape index (κ3) is 4.29. The smallest absolute Gasteiger partial charge is 0.123 e. The van der Waals surface area contributed by atoms with E-state index in [1.807, 2.05) is 6.07 Å². The van der Waals surface area contributed by atoms with Crippen LogP contribution in [0, 0.1) is 11.2 Å². The molecule has 0 aromatic heterocycles. The van der Waals surface area contributed by atoms with Crippen molar-refractivity contribution in [2.45, 2.75) is 46.1 Å². The molecule has 0 aliphatic carbocycles. The molecule has 1 aromatic carbocycles. The van der Waals surface area contributed by atoms with Crippen LogP contribution < -0.4 is 5.32 Å². The Hall–Kier alpha value is -0.930. The van der Waals surface area contributed by atoms with Crippen LogP contribution in [0.5, 0.6) is 0 Å². The average molecular weight is 267 g/mol. The molecule has 108 valence electrons. The maximum Gasteiger partial charge on any atom is 0.123 e. The molecule has 0 saturated carbocycles. The number of nitrogens with one attached hydrogen (secondary N) is 1. The van der Waals surface area contributed by atoms with Gasteiger partial charge in [0.15, 0.2) is 0 Å². The highest BCUT2D eigenvalue weighted by Gasteiger charge is 2.26. The van der Waals surface area contributed by atoms with Gasteiger partial charge in [-0.15, -0.1) is 0 Å². The number of aliphatic hydroxyl groups is 1. The number of halogens is 1. The molecule has 3 heteroatoms. The molecule has 0 aliphatic rings. The van der Waals surface area contributed by atoms with Gasteiger partial charge in [-0.25, -0.2) is 4.39 Å². The summed E-state index contributed by atoms with van der Waals surface area (Å²) in [5.41, 5.74) is 0.905. The van der Waals surface area contributed by atoms with Crippen molar-refractivity contribution in [2.75, 3.05) is 13.2 Å². The van der Waals surface area contributed by atoms with E-state index in [-0.39, 0.29) is 23.9 Å². The molecule has 0 spiro atoms. The van der Waals surface area contributed by atoms with E-state index in [4.69, 9.17) is 0 Å². The lowest BCUT2D eigenvalue weighted by molar-refractivity contribution is 0.109. The molecular formula is C16H26FNO. The highest BCUT2D eigenvalue weighted by Crippen LogP contribution is 2.26. The van der Waals surface area contributed by atoms with Crippen LogP contribution in [0.4, 0.5) is 4.39 Å². The van der Waals surface area contributed by atoms with Gasteiger partial charge in [0.05, 0.1) is 0 Å². The predicted octanol–water partition coefficient (Wildman–Crippen LogP) is 3.67. The molecule has 0 amide bonds. The second-order valence-corrected chi connectivity index (χ2v) is 5.26. The molecule has 1 aromatic rings. The molecule has 19 heavy (non-hydrogen) atoms. The molecule has 0 bridgehead atoms. The Morgan fingerprint density at radius 2 is 1.95 bits per heavy atom. The first-order valence-corrected chi connectivity index (χ1v) is 7.20. The van der Waals surface area contributed by atoms with Crippen LogP contribution in [0.15, 0.2) is 24.3 Å². The maximum absolute atomic E-state index is 13.3. The van der Waals surface area contributed by atoms with Gasteiger partial charge in [-0.2, -0.15) is 0 Å². The first-order chi connectivity index (χ1) is 9.10. The van der Waals surface area contributed by atoms with Crippen LogP contribution in [0.2, 0.25) is 0 Å². The summed E-state index contributed by atoms with van der Waals surface area (Å²) in [6.45, 7) is 7.23. The maximum atomic E-state index is 13.3. The molecule has 0 heterocycles. The van der Waals surface area contributed by atoms with Crippen molar-refractivity contribution < 1.29 is 9.50 Å². The molecule has 1 rings (SSSR count). The van der Waals surface area contributed by atoms with Crippen molar-refractivity contribution in [3.8, 4) is 0 Å². The van der Waals surface area contributed by atoms with E-state index in [0.717, 1.165) is 31.4 Å². The zero-order valence-corrected chi connectivity index (χ0v) is 12.2. The normalized spacial score (nSPS) is 13.5. The molecule has 1 atom stereocenters. The van der Waals surface area contributed by atoms with Crippen LogP contribution in [0.1, 0.15) is 51.6 Å². The van der Waals surface area contributed by atoms with Crippen molar-refractivity contribution >= 4 is 0 Å². The Kier molecular flexibility index (Phi) is 6.46. The Morgan fingerprint density at radius 1 is 1.26 bits per heavy atom. The van der Waals surface area contributed by atoms with Crippen LogP contribution in [-0.4, -0.2) is 18.3 Å². The van der Waals surface area contributed by atoms with Gasteiger partial charge in [0.2, 0.25) is 0 Å². The van der Waals surface area contributed by atoms with Crippen molar-refractivity contribution in [1.82, 2.24) is 5.32 Å². The standard InChI is InChI=1S/C16H26FNO/c1-4-15(13-8-7-9-14(17)10-13)18-11-16(5-2,6-3)12-19/h7-10,15,18-19H,4-6,11-12H2,1-3H3. The lowest BCUT2D eigenvalue weighted by Gasteiger charge is -2.32. The monoisotopic (exact) mass is 267 g/mol. The second kappa shape index (κ2) is 7.61. The van der Waals surface area contributed by atoms with E-state index in [1.165, 1.54) is 6.07 Å². The fourth-order valence-corrected chi connectivity index (χ4v) is 2.34. The minimum absolute atomic E-state index is 0.0687. The fraction of sp³-hybridized carbons (Fsp3) is 0.625. The van der Waals surface area contributed by atoms with E-state index < -0.39 is 0 Å². The molecule has 2 nitrogen and oxygen atoms in total. The number of hydrogen-bond acceptors (Lipinski definition) is 2. The lowest BCUT2D eigenvalue weighted by atomic mass is 9.83. The van der Waals surface area contributed by atoms with Gasteiger partial charge < -0.3 is 10.4 Å². The third-order valence-corrected chi connectivity index (χ3v) is 4.22. The van der Waals surface area contributed by atoms with Crippen molar-refractivity contribution in [2.24, 2.45) is 5.41 Å². The summed E-state index contributed by atoms with van der Waals surface area (Å²) >= 11 is 0. The Bertz CT molecular complexity index is 369. The summed E-state index contributed by atoms with van der Waals surface area (Å²) < 4.78 is 13.3. The van der Waals surface area contributed by atoms with Crippen LogP contribution in [0.25, 0.3) is 0 Å². The summed E-state index contributed by atoms with van der Waals surface area (Å²) in [6, 6.07) is 6.88. The first kappa shape index (κ1) is 16.1. The molecule has 1 unspecified atom stereocenters. The number of rotatable bonds is 8. The lowest BCUT2D eigenvalue weighted by Crippen LogP contribution is -2.38. The fourth-order valence-electron chi connectivity index (χ4n) is 2.34. The van der Waals surface area contributed by atoms with Gasteiger partial charge >= 0.3 is 0 Å². The average Bonchev–Trinajstić information content (AvgIpc) is 2.44. The number of aliphatic hydroxyl groups excluding tert-OH is 1. The minimum atomic E-state index is -0.197. The molecule has 0 saturated heterocycles. The van der Waals surface area contributed by atoms with Gasteiger partial charge in [0.1, 0.15) is 5.82 Å². The Balaban J connectivity index is 2.72.